The van der Waals surface area contributed by atoms with E-state index in [2.05, 4.69) is 32.5 Å². The summed E-state index contributed by atoms with van der Waals surface area (Å²) in [7, 11) is 5.54. The van der Waals surface area contributed by atoms with E-state index in [0.717, 1.165) is 63.1 Å². The molecule has 3 fully saturated rings. The molecular weight excluding hydrogens is 494 g/mol. The number of methoxy groups -OCH3 is 1. The van der Waals surface area contributed by atoms with Crippen LogP contribution in [0.15, 0.2) is 24.4 Å². The fourth-order valence-corrected chi connectivity index (χ4v) is 6.33. The van der Waals surface area contributed by atoms with E-state index in [1.54, 1.807) is 30.3 Å². The fraction of sp³-hybridized carbons (Fsp3) is 0.586. The van der Waals surface area contributed by atoms with Crippen LogP contribution in [-0.2, 0) is 4.79 Å². The van der Waals surface area contributed by atoms with Gasteiger partial charge in [0, 0.05) is 31.2 Å². The van der Waals surface area contributed by atoms with Crippen LogP contribution < -0.4 is 25.2 Å². The zero-order valence-electron chi connectivity index (χ0n) is 23.2. The van der Waals surface area contributed by atoms with E-state index < -0.39 is 0 Å². The summed E-state index contributed by atoms with van der Waals surface area (Å²) in [6.07, 6.45) is 10.2. The van der Waals surface area contributed by atoms with Crippen molar-refractivity contribution in [3.8, 4) is 5.75 Å². The van der Waals surface area contributed by atoms with E-state index in [-0.39, 0.29) is 23.3 Å². The van der Waals surface area contributed by atoms with Gasteiger partial charge in [0.2, 0.25) is 11.9 Å². The highest BCUT2D eigenvalue weighted by atomic mass is 16.5. The van der Waals surface area contributed by atoms with Gasteiger partial charge in [-0.15, -0.1) is 0 Å². The van der Waals surface area contributed by atoms with Crippen LogP contribution >= 0.6 is 0 Å². The summed E-state index contributed by atoms with van der Waals surface area (Å²) < 4.78 is 5.65. The SMILES string of the molecule is COc1cc(C(=O)NC2CCN(C)CC2)ccc1Nc1ncc2c(n1)N(C1CCCC1)CC1(CC1)C(=O)N2C. The topological polar surface area (TPSA) is 103 Å². The molecule has 2 aromatic rings. The van der Waals surface area contributed by atoms with Crippen LogP contribution in [0.2, 0.25) is 0 Å². The molecule has 10 nitrogen and oxygen atoms in total. The standard InChI is InChI=1S/C29H39N7O3/c1-34-14-10-20(11-15-34)31-26(37)19-8-9-22(24(16-19)39-3)32-28-30-17-23-25(33-28)36(21-6-4-5-7-21)18-29(12-13-29)27(38)35(23)2/h8-9,16-17,20-21H,4-7,10-15,18H2,1-3H3,(H,31,37)(H,30,32,33). The Labute approximate surface area is 230 Å². The normalized spacial score (nSPS) is 21.6. The average molecular weight is 534 g/mol. The maximum atomic E-state index is 13.3. The molecule has 6 rings (SSSR count). The Balaban J connectivity index is 1.24. The first kappa shape index (κ1) is 25.9. The van der Waals surface area contributed by atoms with E-state index >= 15 is 0 Å². The third-order valence-corrected chi connectivity index (χ3v) is 9.00. The van der Waals surface area contributed by atoms with Crippen molar-refractivity contribution >= 4 is 35.0 Å². The summed E-state index contributed by atoms with van der Waals surface area (Å²) in [4.78, 5) is 42.2. The lowest BCUT2D eigenvalue weighted by molar-refractivity contribution is -0.122. The van der Waals surface area contributed by atoms with Crippen molar-refractivity contribution in [3.05, 3.63) is 30.0 Å². The van der Waals surface area contributed by atoms with Gasteiger partial charge in [0.25, 0.3) is 5.91 Å². The molecule has 1 saturated heterocycles. The van der Waals surface area contributed by atoms with Gasteiger partial charge in [-0.1, -0.05) is 12.8 Å². The van der Waals surface area contributed by atoms with Gasteiger partial charge in [-0.3, -0.25) is 9.59 Å². The van der Waals surface area contributed by atoms with Crippen LogP contribution in [0.4, 0.5) is 23.1 Å². The first-order chi connectivity index (χ1) is 18.9. The first-order valence-electron chi connectivity index (χ1n) is 14.2. The molecule has 0 bridgehead atoms. The first-order valence-corrected chi connectivity index (χ1v) is 14.2. The van der Waals surface area contributed by atoms with Gasteiger partial charge in [0.15, 0.2) is 5.82 Å². The number of likely N-dealkylation sites (tertiary alicyclic amines) is 1. The molecule has 1 spiro atoms. The molecule has 4 aliphatic rings. The minimum absolute atomic E-state index is 0.0930. The molecule has 2 aliphatic carbocycles. The van der Waals surface area contributed by atoms with Crippen molar-refractivity contribution in [2.45, 2.75) is 63.5 Å². The van der Waals surface area contributed by atoms with Gasteiger partial charge in [-0.25, -0.2) is 4.98 Å². The maximum absolute atomic E-state index is 13.3. The van der Waals surface area contributed by atoms with Crippen molar-refractivity contribution in [2.75, 3.05) is 56.0 Å². The molecule has 39 heavy (non-hydrogen) atoms. The Morgan fingerprint density at radius 1 is 1.10 bits per heavy atom. The molecule has 2 aliphatic heterocycles. The lowest BCUT2D eigenvalue weighted by Gasteiger charge is -2.31. The summed E-state index contributed by atoms with van der Waals surface area (Å²) in [6.45, 7) is 2.69. The zero-order valence-corrected chi connectivity index (χ0v) is 23.2. The lowest BCUT2D eigenvalue weighted by Crippen LogP contribution is -2.43. The van der Waals surface area contributed by atoms with Crippen LogP contribution in [0.5, 0.6) is 5.75 Å². The van der Waals surface area contributed by atoms with Crippen LogP contribution in [-0.4, -0.2) is 79.6 Å². The number of fused-ring (bicyclic) bond motifs is 1. The molecule has 0 atom stereocenters. The van der Waals surface area contributed by atoms with E-state index in [9.17, 15) is 9.59 Å². The monoisotopic (exact) mass is 533 g/mol. The number of anilines is 4. The Bertz CT molecular complexity index is 1250. The highest BCUT2D eigenvalue weighted by molar-refractivity contribution is 6.03. The number of hydrogen-bond acceptors (Lipinski definition) is 8. The predicted octanol–water partition coefficient (Wildman–Crippen LogP) is 3.56. The number of rotatable bonds is 6. The molecule has 2 amide bonds. The van der Waals surface area contributed by atoms with Gasteiger partial charge in [0.1, 0.15) is 11.4 Å². The van der Waals surface area contributed by atoms with E-state index in [0.29, 0.717) is 35.5 Å². The van der Waals surface area contributed by atoms with E-state index in [1.165, 1.54) is 12.8 Å². The number of amides is 2. The number of piperidine rings is 1. The Morgan fingerprint density at radius 2 is 1.85 bits per heavy atom. The predicted molar refractivity (Wildman–Crippen MR) is 151 cm³/mol. The third-order valence-electron chi connectivity index (χ3n) is 9.00. The second-order valence-electron chi connectivity index (χ2n) is 11.7. The third kappa shape index (κ3) is 5.02. The number of ether oxygens (including phenoxy) is 1. The summed E-state index contributed by atoms with van der Waals surface area (Å²) >= 11 is 0. The quantitative estimate of drug-likeness (QED) is 0.581. The van der Waals surface area contributed by atoms with Gasteiger partial charge in [-0.05, 0) is 76.9 Å². The summed E-state index contributed by atoms with van der Waals surface area (Å²) in [5.41, 5.74) is 1.70. The second kappa shape index (κ2) is 10.3. The maximum Gasteiger partial charge on any atom is 0.251 e. The Hall–Kier alpha value is -3.40. The number of aromatic nitrogens is 2. The lowest BCUT2D eigenvalue weighted by atomic mass is 10.0. The number of benzene rings is 1. The van der Waals surface area contributed by atoms with Crippen LogP contribution in [0.25, 0.3) is 0 Å². The van der Waals surface area contributed by atoms with E-state index in [1.807, 2.05) is 13.1 Å². The molecule has 3 heterocycles. The fourth-order valence-electron chi connectivity index (χ4n) is 6.33. The Morgan fingerprint density at radius 3 is 2.54 bits per heavy atom. The van der Waals surface area contributed by atoms with Crippen molar-refractivity contribution in [1.82, 2.24) is 20.2 Å². The number of hydrogen-bond donors (Lipinski definition) is 2. The van der Waals surface area contributed by atoms with Gasteiger partial charge >= 0.3 is 0 Å². The second-order valence-corrected chi connectivity index (χ2v) is 11.7. The summed E-state index contributed by atoms with van der Waals surface area (Å²) in [6, 6.07) is 5.96. The molecule has 1 aromatic heterocycles. The smallest absolute Gasteiger partial charge is 0.251 e. The molecular formula is C29H39N7O3. The molecule has 2 N–H and O–H groups in total. The minimum Gasteiger partial charge on any atom is -0.495 e. The highest BCUT2D eigenvalue weighted by Gasteiger charge is 2.55. The van der Waals surface area contributed by atoms with Gasteiger partial charge in [0.05, 0.1) is 24.4 Å². The van der Waals surface area contributed by atoms with Crippen molar-refractivity contribution < 1.29 is 14.3 Å². The number of nitrogens with zero attached hydrogens (tertiary/aromatic N) is 5. The highest BCUT2D eigenvalue weighted by Crippen LogP contribution is 2.52. The molecule has 1 aromatic carbocycles. The van der Waals surface area contributed by atoms with E-state index in [4.69, 9.17) is 9.72 Å². The summed E-state index contributed by atoms with van der Waals surface area (Å²) in [5.74, 6) is 1.87. The average Bonchev–Trinajstić information content (AvgIpc) is 3.55. The Kier molecular flexibility index (Phi) is 6.82. The largest absolute Gasteiger partial charge is 0.495 e. The molecule has 208 valence electrons. The molecule has 0 unspecified atom stereocenters. The van der Waals surface area contributed by atoms with Gasteiger partial charge < -0.3 is 30.1 Å². The molecule has 0 radical (unpaired) electrons. The zero-order chi connectivity index (χ0) is 27.1. The number of carbonyl (C=O) groups excluding carboxylic acids is 2. The van der Waals surface area contributed by atoms with Crippen LogP contribution in [0, 0.1) is 5.41 Å². The van der Waals surface area contributed by atoms with Crippen molar-refractivity contribution in [3.63, 3.8) is 0 Å². The number of carbonyl (C=O) groups is 2. The minimum atomic E-state index is -0.293. The number of nitrogens with one attached hydrogen (secondary N) is 2. The van der Waals surface area contributed by atoms with Crippen LogP contribution in [0.1, 0.15) is 61.7 Å². The van der Waals surface area contributed by atoms with Crippen molar-refractivity contribution in [2.24, 2.45) is 5.41 Å². The molecule has 2 saturated carbocycles. The van der Waals surface area contributed by atoms with Gasteiger partial charge in [-0.2, -0.15) is 4.98 Å². The summed E-state index contributed by atoms with van der Waals surface area (Å²) in [5, 5.41) is 6.47. The molecule has 10 heteroatoms. The van der Waals surface area contributed by atoms with Crippen LogP contribution in [0.3, 0.4) is 0 Å². The van der Waals surface area contributed by atoms with Crippen molar-refractivity contribution in [1.29, 1.82) is 0 Å².